The first-order valence-electron chi connectivity index (χ1n) is 13.2. The normalized spacial score (nSPS) is 34.2. The minimum Gasteiger partial charge on any atom is -0.441 e. The van der Waals surface area contributed by atoms with E-state index in [4.69, 9.17) is 4.42 Å². The average molecular weight is 477 g/mol. The number of oxazole rings is 1. The number of nitrogens with one attached hydrogen (secondary N) is 1. The van der Waals surface area contributed by atoms with Crippen LogP contribution in [0.5, 0.6) is 0 Å². The highest BCUT2D eigenvalue weighted by atomic mass is 16.3. The summed E-state index contributed by atoms with van der Waals surface area (Å²) in [6.45, 7) is 6.44. The molecule has 4 unspecified atom stereocenters. The van der Waals surface area contributed by atoms with Crippen LogP contribution in [0.25, 0.3) is 16.7 Å². The van der Waals surface area contributed by atoms with Gasteiger partial charge in [-0.05, 0) is 101 Å². The minimum atomic E-state index is -0.808. The topological polar surface area (TPSA) is 78.5 Å². The molecule has 0 amide bonds. The van der Waals surface area contributed by atoms with Crippen LogP contribution < -0.4 is 5.32 Å². The summed E-state index contributed by atoms with van der Waals surface area (Å²) in [5, 5.41) is 25.3. The first-order valence-corrected chi connectivity index (χ1v) is 13.2. The molecule has 188 valence electrons. The second-order valence-corrected chi connectivity index (χ2v) is 11.4. The number of allylic oxidation sites excluding steroid dienone is 3. The van der Waals surface area contributed by atoms with E-state index in [2.05, 4.69) is 54.5 Å². The van der Waals surface area contributed by atoms with Gasteiger partial charge in [-0.3, -0.25) is 0 Å². The standard InChI is InChI=1S/C28H33NO3.C2H7N/c1-16-15-27(3)22(19-5-8-24-25(14-19)32-17(2)29-24)7-9-26(27)28(31)11-10-18-4-6-21(30)12-20(18)13-23(16)28;1-3-2/h5,7-8,13-14,18,21,26,30-31H,4,6,9-12,15H2,1-3H3;3H,1-2H3/t18?,21?,26?,27?,28-;/m1./s1. The molecule has 1 aromatic heterocycles. The Balaban J connectivity index is 0.000000806. The quantitative estimate of drug-likeness (QED) is 0.491. The van der Waals surface area contributed by atoms with Gasteiger partial charge < -0.3 is 19.9 Å². The van der Waals surface area contributed by atoms with Crippen molar-refractivity contribution in [3.05, 3.63) is 58.5 Å². The third kappa shape index (κ3) is 4.02. The average Bonchev–Trinajstić information content (AvgIpc) is 3.30. The SMILES string of the molecule is CC1=C2C=C3CC(O)CCC3CC[C@]2(O)C2CC=C(c3ccc4nc(C)oc4c3)C2(C)C1.CNC. The monoisotopic (exact) mass is 476 g/mol. The van der Waals surface area contributed by atoms with Gasteiger partial charge in [0.15, 0.2) is 11.5 Å². The summed E-state index contributed by atoms with van der Waals surface area (Å²) in [7, 11) is 3.75. The predicted molar refractivity (Wildman–Crippen MR) is 141 cm³/mol. The molecule has 0 spiro atoms. The van der Waals surface area contributed by atoms with Crippen molar-refractivity contribution in [3.8, 4) is 0 Å². The summed E-state index contributed by atoms with van der Waals surface area (Å²) < 4.78 is 5.82. The van der Waals surface area contributed by atoms with E-state index in [0.29, 0.717) is 11.8 Å². The molecule has 5 nitrogen and oxygen atoms in total. The fourth-order valence-electron chi connectivity index (χ4n) is 7.48. The van der Waals surface area contributed by atoms with Gasteiger partial charge in [-0.2, -0.15) is 0 Å². The molecule has 0 bridgehead atoms. The van der Waals surface area contributed by atoms with Crippen molar-refractivity contribution in [1.29, 1.82) is 0 Å². The largest absolute Gasteiger partial charge is 0.441 e. The van der Waals surface area contributed by atoms with E-state index in [0.717, 1.165) is 61.6 Å². The molecule has 0 saturated heterocycles. The number of hydrogen-bond acceptors (Lipinski definition) is 5. The fraction of sp³-hybridized carbons (Fsp3) is 0.567. The van der Waals surface area contributed by atoms with Crippen LogP contribution >= 0.6 is 0 Å². The molecule has 1 heterocycles. The Bertz CT molecular complexity index is 1220. The minimum absolute atomic E-state index is 0.112. The molecule has 1 saturated carbocycles. The zero-order valence-corrected chi connectivity index (χ0v) is 21.8. The molecule has 2 aromatic rings. The lowest BCUT2D eigenvalue weighted by Crippen LogP contribution is -2.49. The Morgan fingerprint density at radius 2 is 1.91 bits per heavy atom. The Morgan fingerprint density at radius 3 is 2.69 bits per heavy atom. The van der Waals surface area contributed by atoms with Crippen molar-refractivity contribution in [3.63, 3.8) is 0 Å². The highest BCUT2D eigenvalue weighted by molar-refractivity contribution is 5.82. The maximum Gasteiger partial charge on any atom is 0.192 e. The zero-order valence-electron chi connectivity index (χ0n) is 21.8. The van der Waals surface area contributed by atoms with Crippen LogP contribution in [-0.2, 0) is 0 Å². The van der Waals surface area contributed by atoms with Crippen LogP contribution in [0.15, 0.2) is 51.5 Å². The third-order valence-corrected chi connectivity index (χ3v) is 8.93. The van der Waals surface area contributed by atoms with Gasteiger partial charge in [0.2, 0.25) is 0 Å². The van der Waals surface area contributed by atoms with Gasteiger partial charge in [0.05, 0.1) is 11.7 Å². The van der Waals surface area contributed by atoms with Crippen LogP contribution in [0.4, 0.5) is 0 Å². The summed E-state index contributed by atoms with van der Waals surface area (Å²) in [4.78, 5) is 4.45. The lowest BCUT2D eigenvalue weighted by molar-refractivity contribution is -0.0354. The second-order valence-electron chi connectivity index (χ2n) is 11.4. The predicted octanol–water partition coefficient (Wildman–Crippen LogP) is 5.71. The van der Waals surface area contributed by atoms with E-state index in [1.54, 1.807) is 0 Å². The van der Waals surface area contributed by atoms with E-state index in [9.17, 15) is 10.2 Å². The fourth-order valence-corrected chi connectivity index (χ4v) is 7.48. The smallest absolute Gasteiger partial charge is 0.192 e. The Kier molecular flexibility index (Phi) is 6.31. The number of nitrogens with zero attached hydrogens (tertiary/aromatic N) is 1. The van der Waals surface area contributed by atoms with Crippen molar-refractivity contribution < 1.29 is 14.6 Å². The maximum absolute atomic E-state index is 12.3. The summed E-state index contributed by atoms with van der Waals surface area (Å²) >= 11 is 0. The highest BCUT2D eigenvalue weighted by Gasteiger charge is 2.57. The van der Waals surface area contributed by atoms with Gasteiger partial charge >= 0.3 is 0 Å². The molecule has 5 atom stereocenters. The Morgan fingerprint density at radius 1 is 1.14 bits per heavy atom. The summed E-state index contributed by atoms with van der Waals surface area (Å²) in [5.41, 5.74) is 7.11. The molecule has 1 fully saturated rings. The summed E-state index contributed by atoms with van der Waals surface area (Å²) in [6, 6.07) is 6.34. The number of aliphatic hydroxyl groups is 2. The molecule has 5 heteroatoms. The van der Waals surface area contributed by atoms with Crippen LogP contribution in [-0.4, -0.2) is 41.0 Å². The van der Waals surface area contributed by atoms with Gasteiger partial charge in [0.1, 0.15) is 5.52 Å². The number of rotatable bonds is 1. The lowest BCUT2D eigenvalue weighted by Gasteiger charge is -2.50. The van der Waals surface area contributed by atoms with Crippen molar-refractivity contribution in [2.24, 2.45) is 17.3 Å². The molecular formula is C30H40N2O3. The number of benzene rings is 1. The van der Waals surface area contributed by atoms with Crippen LogP contribution in [0.2, 0.25) is 0 Å². The van der Waals surface area contributed by atoms with Crippen LogP contribution in [0.1, 0.15) is 70.2 Å². The number of aryl methyl sites for hydroxylation is 1. The number of aliphatic hydroxyl groups excluding tert-OH is 1. The summed E-state index contributed by atoms with van der Waals surface area (Å²) in [5.74, 6) is 1.36. The first-order chi connectivity index (χ1) is 16.7. The van der Waals surface area contributed by atoms with E-state index >= 15 is 0 Å². The maximum atomic E-state index is 12.3. The molecule has 0 aliphatic heterocycles. The van der Waals surface area contributed by atoms with Crippen molar-refractivity contribution in [2.45, 2.75) is 77.4 Å². The van der Waals surface area contributed by atoms with E-state index in [-0.39, 0.29) is 17.4 Å². The number of aromatic nitrogens is 1. The van der Waals surface area contributed by atoms with E-state index in [1.165, 1.54) is 22.3 Å². The van der Waals surface area contributed by atoms with E-state index < -0.39 is 5.60 Å². The second kappa shape index (κ2) is 9.02. The third-order valence-electron chi connectivity index (χ3n) is 8.93. The Labute approximate surface area is 209 Å². The van der Waals surface area contributed by atoms with E-state index in [1.807, 2.05) is 21.0 Å². The molecule has 4 aliphatic rings. The highest BCUT2D eigenvalue weighted by Crippen LogP contribution is 2.63. The molecule has 0 radical (unpaired) electrons. The van der Waals surface area contributed by atoms with Gasteiger partial charge in [-0.25, -0.2) is 4.98 Å². The molecule has 3 N–H and O–H groups in total. The van der Waals surface area contributed by atoms with Gasteiger partial charge in [-0.1, -0.05) is 36.3 Å². The molecule has 35 heavy (non-hydrogen) atoms. The van der Waals surface area contributed by atoms with Gasteiger partial charge in [0, 0.05) is 18.3 Å². The molecule has 6 rings (SSSR count). The number of hydrogen-bond donors (Lipinski definition) is 3. The van der Waals surface area contributed by atoms with Crippen molar-refractivity contribution in [1.82, 2.24) is 10.3 Å². The van der Waals surface area contributed by atoms with Gasteiger partial charge in [-0.15, -0.1) is 0 Å². The molecular weight excluding hydrogens is 436 g/mol. The van der Waals surface area contributed by atoms with Crippen molar-refractivity contribution >= 4 is 16.7 Å². The van der Waals surface area contributed by atoms with Gasteiger partial charge in [0.25, 0.3) is 0 Å². The molecule has 4 aliphatic carbocycles. The first kappa shape index (κ1) is 24.5. The summed E-state index contributed by atoms with van der Waals surface area (Å²) in [6.07, 6.45) is 10.8. The number of fused-ring (bicyclic) bond motifs is 5. The zero-order chi connectivity index (χ0) is 25.0. The lowest BCUT2D eigenvalue weighted by atomic mass is 9.56. The van der Waals surface area contributed by atoms with Crippen molar-refractivity contribution in [2.75, 3.05) is 14.1 Å². The molecule has 1 aromatic carbocycles. The van der Waals surface area contributed by atoms with Crippen LogP contribution in [0, 0.1) is 24.2 Å². The van der Waals surface area contributed by atoms with Crippen LogP contribution in [0.3, 0.4) is 0 Å². The Hall–Kier alpha value is -2.21.